The van der Waals surface area contributed by atoms with Crippen LogP contribution in [0.1, 0.15) is 31.9 Å². The molecule has 3 aromatic rings. The van der Waals surface area contributed by atoms with Crippen molar-refractivity contribution < 1.29 is 14.0 Å². The first-order valence-electron chi connectivity index (χ1n) is 11.1. The number of fused-ring (bicyclic) bond motifs is 1. The van der Waals surface area contributed by atoms with Gasteiger partial charge in [-0.05, 0) is 45.4 Å². The molecule has 11 heteroatoms. The van der Waals surface area contributed by atoms with E-state index < -0.39 is 11.8 Å². The second-order valence-electron chi connectivity index (χ2n) is 9.41. The van der Waals surface area contributed by atoms with E-state index in [-0.39, 0.29) is 23.8 Å². The predicted octanol–water partition coefficient (Wildman–Crippen LogP) is 4.74. The van der Waals surface area contributed by atoms with E-state index >= 15 is 0 Å². The third-order valence-electron chi connectivity index (χ3n) is 5.85. The van der Waals surface area contributed by atoms with Crippen molar-refractivity contribution in [1.82, 2.24) is 14.5 Å². The van der Waals surface area contributed by atoms with Crippen molar-refractivity contribution in [3.63, 3.8) is 0 Å². The van der Waals surface area contributed by atoms with Gasteiger partial charge >= 0.3 is 12.1 Å². The van der Waals surface area contributed by atoms with Crippen LogP contribution in [0.4, 0.5) is 42.7 Å². The van der Waals surface area contributed by atoms with Crippen molar-refractivity contribution in [3.8, 4) is 0 Å². The van der Waals surface area contributed by atoms with Gasteiger partial charge in [-0.1, -0.05) is 0 Å². The maximum Gasteiger partial charge on any atom is 0.329 e. The van der Waals surface area contributed by atoms with Crippen LogP contribution < -0.4 is 25.8 Å². The molecule has 4 amide bonds. The molecule has 3 N–H and O–H groups in total. The Balaban J connectivity index is 1.57. The Hall–Kier alpha value is -4.15. The summed E-state index contributed by atoms with van der Waals surface area (Å²) in [5.41, 5.74) is 2.39. The number of aromatic nitrogens is 3. The number of amides is 4. The number of carbonyl (C=O) groups is 2. The molecule has 1 aromatic carbocycles. The fourth-order valence-corrected chi connectivity index (χ4v) is 3.83. The molecule has 0 saturated carbocycles. The molecule has 4 rings (SSSR count). The SMILES string of the molecule is CNc1cc2c(cn1)CN(c1cc(NC(=O)Nc3cn(C(C)(C)C)cn3)c(F)cc1C)C(=O)N2C. The highest BCUT2D eigenvalue weighted by Gasteiger charge is 2.31. The van der Waals surface area contributed by atoms with Gasteiger partial charge in [0.05, 0.1) is 29.9 Å². The Morgan fingerprint density at radius 3 is 2.49 bits per heavy atom. The molecule has 0 fully saturated rings. The average molecular weight is 481 g/mol. The summed E-state index contributed by atoms with van der Waals surface area (Å²) in [5, 5.41) is 8.10. The number of nitrogens with one attached hydrogen (secondary N) is 3. The molecule has 3 heterocycles. The Morgan fingerprint density at radius 1 is 1.09 bits per heavy atom. The first-order valence-corrected chi connectivity index (χ1v) is 11.1. The van der Waals surface area contributed by atoms with Crippen molar-refractivity contribution >= 4 is 40.8 Å². The monoisotopic (exact) mass is 480 g/mol. The molecule has 0 spiro atoms. The van der Waals surface area contributed by atoms with Crippen LogP contribution in [-0.4, -0.2) is 40.7 Å². The van der Waals surface area contributed by atoms with Crippen molar-refractivity contribution in [3.05, 3.63) is 53.9 Å². The maximum absolute atomic E-state index is 14.8. The molecular weight excluding hydrogens is 451 g/mol. The summed E-state index contributed by atoms with van der Waals surface area (Å²) in [7, 11) is 3.43. The molecule has 10 nitrogen and oxygen atoms in total. The number of benzene rings is 1. The summed E-state index contributed by atoms with van der Waals surface area (Å²) in [4.78, 5) is 37.3. The van der Waals surface area contributed by atoms with Gasteiger partial charge in [0.2, 0.25) is 0 Å². The number of hydrogen-bond donors (Lipinski definition) is 3. The summed E-state index contributed by atoms with van der Waals surface area (Å²) >= 11 is 0. The highest BCUT2D eigenvalue weighted by molar-refractivity contribution is 6.07. The number of anilines is 5. The third-order valence-corrected chi connectivity index (χ3v) is 5.85. The molecule has 1 aliphatic heterocycles. The zero-order chi connectivity index (χ0) is 25.5. The number of halogens is 1. The standard InChI is InChI=1S/C24H29FN8O2/c1-14-7-16(25)17(29-22(34)30-21-12-32(13-28-21)24(2,3)4)8-18(14)33-11-15-10-27-20(26-5)9-19(15)31(6)23(33)35/h7-10,12-13H,11H2,1-6H3,(H,26,27)(H2,29,30,34). The lowest BCUT2D eigenvalue weighted by atomic mass is 10.1. The fourth-order valence-electron chi connectivity index (χ4n) is 3.83. The second-order valence-corrected chi connectivity index (χ2v) is 9.41. The first-order chi connectivity index (χ1) is 16.5. The molecule has 0 atom stereocenters. The van der Waals surface area contributed by atoms with Gasteiger partial charge in [0.1, 0.15) is 11.6 Å². The van der Waals surface area contributed by atoms with E-state index in [9.17, 15) is 14.0 Å². The smallest absolute Gasteiger partial charge is 0.329 e. The minimum absolute atomic E-state index is 0.0525. The van der Waals surface area contributed by atoms with E-state index in [4.69, 9.17) is 0 Å². The van der Waals surface area contributed by atoms with Gasteiger partial charge in [-0.3, -0.25) is 15.1 Å². The quantitative estimate of drug-likeness (QED) is 0.500. The van der Waals surface area contributed by atoms with Crippen LogP contribution in [0, 0.1) is 12.7 Å². The van der Waals surface area contributed by atoms with Crippen molar-refractivity contribution in [2.75, 3.05) is 39.8 Å². The van der Waals surface area contributed by atoms with Gasteiger partial charge in [0, 0.05) is 43.7 Å². The number of carbonyl (C=O) groups excluding carboxylic acids is 2. The molecule has 0 bridgehead atoms. The van der Waals surface area contributed by atoms with Gasteiger partial charge in [-0.2, -0.15) is 0 Å². The number of imidazole rings is 1. The molecule has 0 radical (unpaired) electrons. The number of rotatable bonds is 4. The van der Waals surface area contributed by atoms with Crippen LogP contribution in [-0.2, 0) is 12.1 Å². The van der Waals surface area contributed by atoms with E-state index in [1.807, 2.05) is 25.3 Å². The first kappa shape index (κ1) is 24.0. The van der Waals surface area contributed by atoms with Gasteiger partial charge in [0.25, 0.3) is 0 Å². The lowest BCUT2D eigenvalue weighted by molar-refractivity contribution is 0.251. The minimum atomic E-state index is -0.644. The highest BCUT2D eigenvalue weighted by atomic mass is 19.1. The van der Waals surface area contributed by atoms with Crippen molar-refractivity contribution in [2.24, 2.45) is 0 Å². The van der Waals surface area contributed by atoms with E-state index in [1.54, 1.807) is 45.8 Å². The minimum Gasteiger partial charge on any atom is -0.373 e. The van der Waals surface area contributed by atoms with E-state index in [0.717, 1.165) is 11.3 Å². The Morgan fingerprint density at radius 2 is 1.83 bits per heavy atom. The fraction of sp³-hybridized carbons (Fsp3) is 0.333. The van der Waals surface area contributed by atoms with Gasteiger partial charge in [-0.25, -0.2) is 23.9 Å². The summed E-state index contributed by atoms with van der Waals surface area (Å²) < 4.78 is 16.6. The van der Waals surface area contributed by atoms with Gasteiger partial charge in [-0.15, -0.1) is 0 Å². The number of nitrogens with zero attached hydrogens (tertiary/aromatic N) is 5. The summed E-state index contributed by atoms with van der Waals surface area (Å²) in [6.45, 7) is 8.00. The van der Waals surface area contributed by atoms with Gasteiger partial charge in [0.15, 0.2) is 5.82 Å². The number of hydrogen-bond acceptors (Lipinski definition) is 5. The normalized spacial score (nSPS) is 13.5. The number of urea groups is 2. The highest BCUT2D eigenvalue weighted by Crippen LogP contribution is 2.35. The van der Waals surface area contributed by atoms with E-state index in [1.165, 1.54) is 21.9 Å². The molecule has 0 saturated heterocycles. The zero-order valence-corrected chi connectivity index (χ0v) is 20.6. The molecule has 0 aliphatic carbocycles. The molecule has 1 aliphatic rings. The Kier molecular flexibility index (Phi) is 6.10. The van der Waals surface area contributed by atoms with Crippen LogP contribution in [0.25, 0.3) is 0 Å². The van der Waals surface area contributed by atoms with Crippen molar-refractivity contribution in [1.29, 1.82) is 0 Å². The van der Waals surface area contributed by atoms with Crippen molar-refractivity contribution in [2.45, 2.75) is 39.8 Å². The largest absolute Gasteiger partial charge is 0.373 e. The molecule has 2 aromatic heterocycles. The van der Waals surface area contributed by atoms with Crippen LogP contribution >= 0.6 is 0 Å². The topological polar surface area (TPSA) is 107 Å². The van der Waals surface area contributed by atoms with Crippen LogP contribution in [0.3, 0.4) is 0 Å². The third kappa shape index (κ3) is 4.75. The number of aryl methyl sites for hydroxylation is 1. The molecular formula is C24H29FN8O2. The Bertz CT molecular complexity index is 1300. The van der Waals surface area contributed by atoms with E-state index in [0.29, 0.717) is 22.9 Å². The zero-order valence-electron chi connectivity index (χ0n) is 20.6. The molecule has 0 unspecified atom stereocenters. The summed E-state index contributed by atoms with van der Waals surface area (Å²) in [6, 6.07) is 3.65. The summed E-state index contributed by atoms with van der Waals surface area (Å²) in [6.07, 6.45) is 5.02. The number of pyridine rings is 1. The Labute approximate surface area is 203 Å². The van der Waals surface area contributed by atoms with Crippen LogP contribution in [0.2, 0.25) is 0 Å². The molecule has 35 heavy (non-hydrogen) atoms. The van der Waals surface area contributed by atoms with Gasteiger partial charge < -0.3 is 15.2 Å². The van der Waals surface area contributed by atoms with E-state index in [2.05, 4.69) is 25.9 Å². The lowest BCUT2D eigenvalue weighted by Gasteiger charge is -2.36. The predicted molar refractivity (Wildman–Crippen MR) is 135 cm³/mol. The maximum atomic E-state index is 14.8. The van der Waals surface area contributed by atoms with Crippen LogP contribution in [0.15, 0.2) is 36.9 Å². The lowest BCUT2D eigenvalue weighted by Crippen LogP contribution is -2.45. The molecule has 184 valence electrons. The second kappa shape index (κ2) is 8.90. The average Bonchev–Trinajstić information content (AvgIpc) is 3.27. The summed E-state index contributed by atoms with van der Waals surface area (Å²) in [5.74, 6) is 0.378. The van der Waals surface area contributed by atoms with Crippen LogP contribution in [0.5, 0.6) is 0 Å².